The number of ether oxygens (including phenoxy) is 1. The summed E-state index contributed by atoms with van der Waals surface area (Å²) in [4.78, 5) is 14.7. The molecule has 20 heavy (non-hydrogen) atoms. The molecule has 0 bridgehead atoms. The molecule has 2 N–H and O–H groups in total. The van der Waals surface area contributed by atoms with E-state index in [4.69, 9.17) is 10.5 Å². The fourth-order valence-corrected chi connectivity index (χ4v) is 4.08. The van der Waals surface area contributed by atoms with Crippen LogP contribution in [0.3, 0.4) is 0 Å². The van der Waals surface area contributed by atoms with Crippen molar-refractivity contribution in [2.75, 3.05) is 26.3 Å². The van der Waals surface area contributed by atoms with Gasteiger partial charge in [0.05, 0.1) is 5.54 Å². The molecule has 2 heterocycles. The lowest BCUT2D eigenvalue weighted by molar-refractivity contribution is -0.140. The van der Waals surface area contributed by atoms with Gasteiger partial charge in [-0.3, -0.25) is 4.79 Å². The lowest BCUT2D eigenvalue weighted by atomic mass is 9.73. The lowest BCUT2D eigenvalue weighted by Gasteiger charge is -2.37. The number of carbonyl (C=O) groups is 1. The SMILES string of the molecule is Cl.NC1(C(=O)N2CCC3(CCCCC3)C2)CCOCC1. The first-order valence-electron chi connectivity index (χ1n) is 7.80. The summed E-state index contributed by atoms with van der Waals surface area (Å²) < 4.78 is 5.34. The third-order valence-corrected chi connectivity index (χ3v) is 5.45. The van der Waals surface area contributed by atoms with Gasteiger partial charge in [-0.05, 0) is 37.5 Å². The van der Waals surface area contributed by atoms with E-state index in [1.54, 1.807) is 0 Å². The van der Waals surface area contributed by atoms with Crippen molar-refractivity contribution in [2.24, 2.45) is 11.1 Å². The predicted octanol–water partition coefficient (Wildman–Crippen LogP) is 2.10. The zero-order valence-corrected chi connectivity index (χ0v) is 13.1. The van der Waals surface area contributed by atoms with Gasteiger partial charge >= 0.3 is 0 Å². The number of nitrogens with two attached hydrogens (primary N) is 1. The number of carbonyl (C=O) groups excluding carboxylic acids is 1. The summed E-state index contributed by atoms with van der Waals surface area (Å²) in [5, 5.41) is 0. The van der Waals surface area contributed by atoms with E-state index < -0.39 is 5.54 Å². The molecule has 3 rings (SSSR count). The third-order valence-electron chi connectivity index (χ3n) is 5.45. The summed E-state index contributed by atoms with van der Waals surface area (Å²) in [6.07, 6.45) is 9.19. The second-order valence-electron chi connectivity index (χ2n) is 6.81. The van der Waals surface area contributed by atoms with E-state index in [1.807, 2.05) is 0 Å². The van der Waals surface area contributed by atoms with Gasteiger partial charge in [-0.2, -0.15) is 0 Å². The molecule has 2 aliphatic heterocycles. The second kappa shape index (κ2) is 6.20. The van der Waals surface area contributed by atoms with Crippen molar-refractivity contribution in [1.82, 2.24) is 4.90 Å². The normalized spacial score (nSPS) is 28.1. The number of hydrogen-bond donors (Lipinski definition) is 1. The molecule has 116 valence electrons. The first kappa shape index (κ1) is 16.1. The zero-order chi connectivity index (χ0) is 13.3. The smallest absolute Gasteiger partial charge is 0.242 e. The number of rotatable bonds is 1. The van der Waals surface area contributed by atoms with E-state index >= 15 is 0 Å². The largest absolute Gasteiger partial charge is 0.381 e. The van der Waals surface area contributed by atoms with Crippen LogP contribution < -0.4 is 5.73 Å². The highest BCUT2D eigenvalue weighted by atomic mass is 35.5. The first-order valence-corrected chi connectivity index (χ1v) is 7.80. The van der Waals surface area contributed by atoms with Gasteiger partial charge in [0.15, 0.2) is 0 Å². The van der Waals surface area contributed by atoms with Crippen molar-refractivity contribution in [3.05, 3.63) is 0 Å². The third kappa shape index (κ3) is 2.97. The molecule has 0 atom stereocenters. The average Bonchev–Trinajstić information content (AvgIpc) is 2.83. The van der Waals surface area contributed by atoms with Crippen molar-refractivity contribution in [1.29, 1.82) is 0 Å². The molecular weight excluding hydrogens is 276 g/mol. The minimum absolute atomic E-state index is 0. The molecule has 1 aliphatic carbocycles. The van der Waals surface area contributed by atoms with Crippen molar-refractivity contribution < 1.29 is 9.53 Å². The Bertz CT molecular complexity index is 350. The molecule has 0 aromatic rings. The monoisotopic (exact) mass is 302 g/mol. The van der Waals surface area contributed by atoms with Crippen LogP contribution >= 0.6 is 12.4 Å². The van der Waals surface area contributed by atoms with Gasteiger partial charge in [-0.1, -0.05) is 19.3 Å². The minimum atomic E-state index is -0.654. The van der Waals surface area contributed by atoms with E-state index in [2.05, 4.69) is 4.90 Å². The Morgan fingerprint density at radius 3 is 2.30 bits per heavy atom. The maximum Gasteiger partial charge on any atom is 0.242 e. The van der Waals surface area contributed by atoms with E-state index in [1.165, 1.54) is 38.5 Å². The van der Waals surface area contributed by atoms with E-state index in [0.717, 1.165) is 13.1 Å². The molecule has 3 aliphatic rings. The number of amides is 1. The number of hydrogen-bond acceptors (Lipinski definition) is 3. The van der Waals surface area contributed by atoms with Crippen LogP contribution in [-0.2, 0) is 9.53 Å². The summed E-state index contributed by atoms with van der Waals surface area (Å²) in [6, 6.07) is 0. The fourth-order valence-electron chi connectivity index (χ4n) is 4.08. The average molecular weight is 303 g/mol. The molecule has 3 fully saturated rings. The van der Waals surface area contributed by atoms with Crippen LogP contribution in [0, 0.1) is 5.41 Å². The van der Waals surface area contributed by atoms with Crippen LogP contribution in [0.2, 0.25) is 0 Å². The highest BCUT2D eigenvalue weighted by Crippen LogP contribution is 2.44. The van der Waals surface area contributed by atoms with Crippen molar-refractivity contribution in [3.8, 4) is 0 Å². The standard InChI is InChI=1S/C15H26N2O2.ClH/c16-15(7-10-19-11-8-15)13(18)17-9-6-14(12-17)4-2-1-3-5-14;/h1-12,16H2;1H. The Hall–Kier alpha value is -0.320. The van der Waals surface area contributed by atoms with E-state index in [9.17, 15) is 4.79 Å². The number of nitrogens with zero attached hydrogens (tertiary/aromatic N) is 1. The molecule has 2 saturated heterocycles. The minimum Gasteiger partial charge on any atom is -0.381 e. The quantitative estimate of drug-likeness (QED) is 0.807. The topological polar surface area (TPSA) is 55.6 Å². The van der Waals surface area contributed by atoms with Crippen LogP contribution in [0.25, 0.3) is 0 Å². The highest BCUT2D eigenvalue weighted by molar-refractivity contribution is 5.86. The molecule has 1 amide bonds. The molecule has 5 heteroatoms. The van der Waals surface area contributed by atoms with Gasteiger partial charge in [0.2, 0.25) is 5.91 Å². The lowest BCUT2D eigenvalue weighted by Crippen LogP contribution is -2.57. The Morgan fingerprint density at radius 1 is 1.00 bits per heavy atom. The van der Waals surface area contributed by atoms with Crippen LogP contribution in [-0.4, -0.2) is 42.6 Å². The van der Waals surface area contributed by atoms with Gasteiger partial charge in [0.1, 0.15) is 0 Å². The fraction of sp³-hybridized carbons (Fsp3) is 0.933. The van der Waals surface area contributed by atoms with Gasteiger partial charge in [-0.25, -0.2) is 0 Å². The molecule has 0 radical (unpaired) electrons. The summed E-state index contributed by atoms with van der Waals surface area (Å²) >= 11 is 0. The molecular formula is C15H27ClN2O2. The van der Waals surface area contributed by atoms with E-state index in [-0.39, 0.29) is 18.3 Å². The Morgan fingerprint density at radius 2 is 1.65 bits per heavy atom. The predicted molar refractivity (Wildman–Crippen MR) is 80.9 cm³/mol. The van der Waals surface area contributed by atoms with Crippen LogP contribution in [0.5, 0.6) is 0 Å². The Kier molecular flexibility index (Phi) is 4.98. The zero-order valence-electron chi connectivity index (χ0n) is 12.2. The van der Waals surface area contributed by atoms with Crippen molar-refractivity contribution in [3.63, 3.8) is 0 Å². The van der Waals surface area contributed by atoms with Crippen LogP contribution in [0.1, 0.15) is 51.4 Å². The Labute approximate surface area is 127 Å². The van der Waals surface area contributed by atoms with E-state index in [0.29, 0.717) is 31.5 Å². The first-order chi connectivity index (χ1) is 9.14. The van der Waals surface area contributed by atoms with Gasteiger partial charge < -0.3 is 15.4 Å². The number of halogens is 1. The summed E-state index contributed by atoms with van der Waals surface area (Å²) in [5.41, 5.74) is 6.10. The van der Waals surface area contributed by atoms with Gasteiger partial charge in [0.25, 0.3) is 0 Å². The molecule has 1 spiro atoms. The highest BCUT2D eigenvalue weighted by Gasteiger charge is 2.45. The molecule has 0 unspecified atom stereocenters. The molecule has 4 nitrogen and oxygen atoms in total. The summed E-state index contributed by atoms with van der Waals surface area (Å²) in [7, 11) is 0. The molecule has 0 aromatic carbocycles. The second-order valence-corrected chi connectivity index (χ2v) is 6.81. The molecule has 0 aromatic heterocycles. The van der Waals surface area contributed by atoms with Crippen molar-refractivity contribution in [2.45, 2.75) is 56.9 Å². The maximum atomic E-state index is 12.7. The summed E-state index contributed by atoms with van der Waals surface area (Å²) in [6.45, 7) is 3.12. The molecule has 1 saturated carbocycles. The van der Waals surface area contributed by atoms with Crippen molar-refractivity contribution >= 4 is 18.3 Å². The van der Waals surface area contributed by atoms with Crippen LogP contribution in [0.4, 0.5) is 0 Å². The maximum absolute atomic E-state index is 12.7. The Balaban J connectivity index is 0.00000147. The summed E-state index contributed by atoms with van der Waals surface area (Å²) in [5.74, 6) is 0.179. The van der Waals surface area contributed by atoms with Gasteiger partial charge in [-0.15, -0.1) is 12.4 Å². The van der Waals surface area contributed by atoms with Crippen LogP contribution in [0.15, 0.2) is 0 Å². The van der Waals surface area contributed by atoms with Gasteiger partial charge in [0, 0.05) is 26.3 Å². The number of likely N-dealkylation sites (tertiary alicyclic amines) is 1.